The van der Waals surface area contributed by atoms with Gasteiger partial charge in [0, 0.05) is 6.54 Å². The second-order valence-corrected chi connectivity index (χ2v) is 10.1. The van der Waals surface area contributed by atoms with Crippen molar-refractivity contribution in [1.29, 1.82) is 0 Å². The van der Waals surface area contributed by atoms with Crippen LogP contribution in [0.4, 0.5) is 5.69 Å². The molecule has 8 heteroatoms. The Labute approximate surface area is 239 Å². The Balaban J connectivity index is 1.63. The Morgan fingerprint density at radius 1 is 0.902 bits per heavy atom. The van der Waals surface area contributed by atoms with Crippen LogP contribution in [-0.4, -0.2) is 33.9 Å². The van der Waals surface area contributed by atoms with Crippen LogP contribution in [0.25, 0.3) is 11.0 Å². The minimum atomic E-state index is -0.976. The van der Waals surface area contributed by atoms with Crippen LogP contribution in [0.15, 0.2) is 91.0 Å². The smallest absolute Gasteiger partial charge is 0.249 e. The lowest BCUT2D eigenvalue weighted by Crippen LogP contribution is -2.45. The molecule has 1 unspecified atom stereocenters. The number of nitrogens with zero attached hydrogens (tertiary/aromatic N) is 4. The average molecular weight is 548 g/mol. The van der Waals surface area contributed by atoms with E-state index in [1.54, 1.807) is 22.8 Å². The minimum absolute atomic E-state index is 0.0975. The van der Waals surface area contributed by atoms with E-state index in [1.807, 2.05) is 106 Å². The van der Waals surface area contributed by atoms with Crippen molar-refractivity contribution in [3.63, 3.8) is 0 Å². The highest BCUT2D eigenvalue weighted by Crippen LogP contribution is 2.35. The number of methoxy groups -OCH3 is 1. The van der Waals surface area contributed by atoms with Gasteiger partial charge >= 0.3 is 0 Å². The Morgan fingerprint density at radius 3 is 2.34 bits per heavy atom. The van der Waals surface area contributed by atoms with Crippen molar-refractivity contribution < 1.29 is 14.3 Å². The fourth-order valence-corrected chi connectivity index (χ4v) is 5.30. The van der Waals surface area contributed by atoms with Gasteiger partial charge < -0.3 is 10.1 Å². The molecule has 41 heavy (non-hydrogen) atoms. The summed E-state index contributed by atoms with van der Waals surface area (Å²) in [6, 6.07) is 27.6. The van der Waals surface area contributed by atoms with E-state index < -0.39 is 6.04 Å². The number of aromatic nitrogens is 3. The third-order valence-electron chi connectivity index (χ3n) is 7.08. The molecule has 0 aliphatic carbocycles. The molecule has 1 heterocycles. The standard InChI is InChI=1S/C33H33N5O3/c1-22-17-23(2)31(24(3)18-22)38(30(39)21-37-29-16-9-8-15-28(29)35-36-37)32(26-13-10-14-27(19-26)41-4)33(40)34-20-25-11-6-5-7-12-25/h5-19,32H,20-21H2,1-4H3,(H,34,40). The molecule has 1 aromatic heterocycles. The van der Waals surface area contributed by atoms with E-state index in [2.05, 4.69) is 15.6 Å². The molecule has 4 aromatic carbocycles. The molecule has 208 valence electrons. The molecule has 0 saturated carbocycles. The first-order valence-corrected chi connectivity index (χ1v) is 13.5. The second-order valence-electron chi connectivity index (χ2n) is 10.1. The number of fused-ring (bicyclic) bond motifs is 1. The van der Waals surface area contributed by atoms with Crippen LogP contribution in [0.2, 0.25) is 0 Å². The van der Waals surface area contributed by atoms with Crippen molar-refractivity contribution in [2.75, 3.05) is 12.0 Å². The summed E-state index contributed by atoms with van der Waals surface area (Å²) >= 11 is 0. The van der Waals surface area contributed by atoms with Gasteiger partial charge in [0.15, 0.2) is 0 Å². The summed E-state index contributed by atoms with van der Waals surface area (Å²) in [5.74, 6) is -0.00737. The fraction of sp³-hybridized carbons (Fsp3) is 0.212. The van der Waals surface area contributed by atoms with Gasteiger partial charge in [-0.05, 0) is 67.3 Å². The van der Waals surface area contributed by atoms with Gasteiger partial charge in [0.25, 0.3) is 0 Å². The molecular formula is C33H33N5O3. The lowest BCUT2D eigenvalue weighted by molar-refractivity contribution is -0.127. The number of hydrogen-bond acceptors (Lipinski definition) is 5. The monoisotopic (exact) mass is 547 g/mol. The van der Waals surface area contributed by atoms with E-state index in [0.29, 0.717) is 29.1 Å². The summed E-state index contributed by atoms with van der Waals surface area (Å²) in [4.78, 5) is 30.2. The molecule has 0 bridgehead atoms. The maximum atomic E-state index is 14.4. The number of hydrogen-bond donors (Lipinski definition) is 1. The van der Waals surface area contributed by atoms with Crippen LogP contribution >= 0.6 is 0 Å². The molecule has 8 nitrogen and oxygen atoms in total. The quantitative estimate of drug-likeness (QED) is 0.265. The number of amides is 2. The zero-order valence-corrected chi connectivity index (χ0v) is 23.7. The summed E-state index contributed by atoms with van der Waals surface area (Å²) in [7, 11) is 1.58. The van der Waals surface area contributed by atoms with Crippen LogP contribution in [0.3, 0.4) is 0 Å². The third kappa shape index (κ3) is 5.96. The van der Waals surface area contributed by atoms with E-state index in [4.69, 9.17) is 4.74 Å². The van der Waals surface area contributed by atoms with E-state index in [0.717, 1.165) is 27.8 Å². The van der Waals surface area contributed by atoms with Crippen LogP contribution < -0.4 is 15.0 Å². The number of rotatable bonds is 9. The molecule has 0 fully saturated rings. The Kier molecular flexibility index (Phi) is 8.10. The summed E-state index contributed by atoms with van der Waals surface area (Å²) in [5, 5.41) is 11.5. The van der Waals surface area contributed by atoms with Crippen molar-refractivity contribution in [1.82, 2.24) is 20.3 Å². The zero-order valence-electron chi connectivity index (χ0n) is 23.7. The van der Waals surface area contributed by atoms with Gasteiger partial charge in [0.1, 0.15) is 23.9 Å². The third-order valence-corrected chi connectivity index (χ3v) is 7.08. The number of carbonyl (C=O) groups is 2. The molecular weight excluding hydrogens is 514 g/mol. The topological polar surface area (TPSA) is 89.4 Å². The normalized spacial score (nSPS) is 11.7. The molecule has 0 saturated heterocycles. The van der Waals surface area contributed by atoms with Gasteiger partial charge in [0.2, 0.25) is 11.8 Å². The Bertz CT molecular complexity index is 1670. The predicted molar refractivity (Wildman–Crippen MR) is 160 cm³/mol. The molecule has 2 amide bonds. The van der Waals surface area contributed by atoms with Gasteiger partial charge in [0.05, 0.1) is 18.3 Å². The number of carbonyl (C=O) groups excluding carboxylic acids is 2. The molecule has 0 radical (unpaired) electrons. The van der Waals surface area contributed by atoms with E-state index in [-0.39, 0.29) is 18.4 Å². The van der Waals surface area contributed by atoms with Gasteiger partial charge in [-0.25, -0.2) is 4.68 Å². The van der Waals surface area contributed by atoms with Gasteiger partial charge in [-0.15, -0.1) is 5.10 Å². The molecule has 0 aliphatic rings. The lowest BCUT2D eigenvalue weighted by atomic mass is 9.98. The first-order chi connectivity index (χ1) is 19.9. The van der Waals surface area contributed by atoms with Gasteiger partial charge in [-0.2, -0.15) is 0 Å². The number of para-hydroxylation sites is 1. The first kappa shape index (κ1) is 27.6. The minimum Gasteiger partial charge on any atom is -0.497 e. The average Bonchev–Trinajstić information content (AvgIpc) is 3.38. The van der Waals surface area contributed by atoms with Gasteiger partial charge in [-0.3, -0.25) is 14.5 Å². The van der Waals surface area contributed by atoms with Crippen LogP contribution in [0, 0.1) is 20.8 Å². The van der Waals surface area contributed by atoms with Crippen molar-refractivity contribution >= 4 is 28.5 Å². The highest BCUT2D eigenvalue weighted by Gasteiger charge is 2.35. The lowest BCUT2D eigenvalue weighted by Gasteiger charge is -2.34. The van der Waals surface area contributed by atoms with Crippen molar-refractivity contribution in [3.8, 4) is 5.75 Å². The van der Waals surface area contributed by atoms with Crippen molar-refractivity contribution in [3.05, 3.63) is 119 Å². The van der Waals surface area contributed by atoms with E-state index in [9.17, 15) is 9.59 Å². The molecule has 1 atom stereocenters. The summed E-state index contributed by atoms with van der Waals surface area (Å²) < 4.78 is 7.08. The number of ether oxygens (including phenoxy) is 1. The summed E-state index contributed by atoms with van der Waals surface area (Å²) in [6.07, 6.45) is 0. The molecule has 0 aliphatic heterocycles. The van der Waals surface area contributed by atoms with Crippen LogP contribution in [-0.2, 0) is 22.7 Å². The SMILES string of the molecule is COc1cccc(C(C(=O)NCc2ccccc2)N(C(=O)Cn2nnc3ccccc32)c2c(C)cc(C)cc2C)c1. The molecule has 1 N–H and O–H groups in total. The van der Waals surface area contributed by atoms with E-state index in [1.165, 1.54) is 0 Å². The maximum absolute atomic E-state index is 14.4. The zero-order chi connectivity index (χ0) is 28.9. The van der Waals surface area contributed by atoms with Gasteiger partial charge in [-0.1, -0.05) is 77.5 Å². The van der Waals surface area contributed by atoms with Crippen molar-refractivity contribution in [2.45, 2.75) is 39.9 Å². The number of anilines is 1. The van der Waals surface area contributed by atoms with E-state index >= 15 is 0 Å². The molecule has 5 aromatic rings. The van der Waals surface area contributed by atoms with Crippen LogP contribution in [0.1, 0.15) is 33.9 Å². The summed E-state index contributed by atoms with van der Waals surface area (Å²) in [6.45, 7) is 6.17. The Hall–Kier alpha value is -4.98. The first-order valence-electron chi connectivity index (χ1n) is 13.5. The predicted octanol–water partition coefficient (Wildman–Crippen LogP) is 5.46. The maximum Gasteiger partial charge on any atom is 0.249 e. The fourth-order valence-electron chi connectivity index (χ4n) is 5.30. The highest BCUT2D eigenvalue weighted by atomic mass is 16.5. The van der Waals surface area contributed by atoms with Crippen LogP contribution in [0.5, 0.6) is 5.75 Å². The summed E-state index contributed by atoms with van der Waals surface area (Å²) in [5.41, 5.74) is 6.57. The highest BCUT2D eigenvalue weighted by molar-refractivity contribution is 6.02. The largest absolute Gasteiger partial charge is 0.497 e. The number of aryl methyl sites for hydroxylation is 3. The molecule has 5 rings (SSSR count). The number of benzene rings is 4. The molecule has 0 spiro atoms. The second kappa shape index (κ2) is 12.0. The Morgan fingerprint density at radius 2 is 1.61 bits per heavy atom. The van der Waals surface area contributed by atoms with Crippen molar-refractivity contribution in [2.24, 2.45) is 0 Å². The number of nitrogens with one attached hydrogen (secondary N) is 1.